The van der Waals surface area contributed by atoms with E-state index in [2.05, 4.69) is 15.2 Å². The number of benzene rings is 1. The molecule has 1 unspecified atom stereocenters. The number of nitrogens with one attached hydrogen (secondary N) is 1. The summed E-state index contributed by atoms with van der Waals surface area (Å²) in [4.78, 5) is 17.8. The Morgan fingerprint density at radius 3 is 2.58 bits per heavy atom. The molecule has 0 saturated carbocycles. The molecule has 2 aromatic rings. The van der Waals surface area contributed by atoms with Crippen molar-refractivity contribution in [2.45, 2.75) is 10.4 Å². The molecular formula is C12H15N5OS. The van der Waals surface area contributed by atoms with Crippen LogP contribution in [-0.4, -0.2) is 40.1 Å². The molecule has 0 fully saturated rings. The van der Waals surface area contributed by atoms with E-state index in [1.165, 1.54) is 11.8 Å². The van der Waals surface area contributed by atoms with Crippen LogP contribution in [0.5, 0.6) is 0 Å². The van der Waals surface area contributed by atoms with Gasteiger partial charge in [0.05, 0.1) is 0 Å². The molecule has 1 amide bonds. The molecule has 2 rings (SSSR count). The van der Waals surface area contributed by atoms with Gasteiger partial charge in [0.25, 0.3) is 0 Å². The van der Waals surface area contributed by atoms with Crippen LogP contribution in [0, 0.1) is 0 Å². The normalized spacial score (nSPS) is 12.1. The number of thioether (sulfide) groups is 1. The second-order valence-corrected chi connectivity index (χ2v) is 5.22. The van der Waals surface area contributed by atoms with Crippen molar-refractivity contribution >= 4 is 23.6 Å². The second kappa shape index (κ2) is 5.75. The maximum absolute atomic E-state index is 12.3. The molecule has 1 heterocycles. The minimum Gasteiger partial charge on any atom is -0.368 e. The number of nitrogen functional groups attached to an aromatic ring is 1. The van der Waals surface area contributed by atoms with Crippen LogP contribution in [0.15, 0.2) is 35.5 Å². The monoisotopic (exact) mass is 277 g/mol. The van der Waals surface area contributed by atoms with Gasteiger partial charge in [0.2, 0.25) is 17.0 Å². The van der Waals surface area contributed by atoms with Crippen molar-refractivity contribution in [1.29, 1.82) is 0 Å². The van der Waals surface area contributed by atoms with Crippen LogP contribution in [0.1, 0.15) is 10.8 Å². The van der Waals surface area contributed by atoms with Gasteiger partial charge in [0.1, 0.15) is 5.25 Å². The predicted molar refractivity (Wildman–Crippen MR) is 74.5 cm³/mol. The van der Waals surface area contributed by atoms with Crippen LogP contribution in [0.4, 0.5) is 5.95 Å². The molecule has 0 bridgehead atoms. The van der Waals surface area contributed by atoms with Crippen molar-refractivity contribution in [2.24, 2.45) is 0 Å². The molecule has 0 aliphatic carbocycles. The van der Waals surface area contributed by atoms with E-state index in [0.717, 1.165) is 5.56 Å². The number of nitrogens with two attached hydrogens (primary N) is 1. The molecule has 0 aliphatic heterocycles. The topological polar surface area (TPSA) is 87.9 Å². The first-order valence-corrected chi connectivity index (χ1v) is 6.56. The Labute approximate surface area is 115 Å². The molecule has 1 aromatic heterocycles. The summed E-state index contributed by atoms with van der Waals surface area (Å²) in [6.45, 7) is 0. The summed E-state index contributed by atoms with van der Waals surface area (Å²) < 4.78 is 0. The number of anilines is 1. The number of carbonyl (C=O) groups excluding carboxylic acids is 1. The molecule has 7 heteroatoms. The van der Waals surface area contributed by atoms with Crippen LogP contribution >= 0.6 is 11.8 Å². The van der Waals surface area contributed by atoms with Crippen LogP contribution in [-0.2, 0) is 4.79 Å². The lowest BCUT2D eigenvalue weighted by molar-refractivity contribution is -0.128. The SMILES string of the molecule is CN(C)C(=O)C(Sc1n[nH]c(N)n1)c1ccccc1. The summed E-state index contributed by atoms with van der Waals surface area (Å²) in [5, 5.41) is 6.60. The van der Waals surface area contributed by atoms with Crippen molar-refractivity contribution in [2.75, 3.05) is 19.8 Å². The average Bonchev–Trinajstić information content (AvgIpc) is 2.81. The van der Waals surface area contributed by atoms with Crippen molar-refractivity contribution in [3.05, 3.63) is 35.9 Å². The van der Waals surface area contributed by atoms with Crippen molar-refractivity contribution in [3.8, 4) is 0 Å². The minimum absolute atomic E-state index is 0.0143. The van der Waals surface area contributed by atoms with Gasteiger partial charge in [-0.25, -0.2) is 5.10 Å². The second-order valence-electron chi connectivity index (χ2n) is 4.14. The zero-order valence-electron chi connectivity index (χ0n) is 10.7. The first-order valence-electron chi connectivity index (χ1n) is 5.68. The minimum atomic E-state index is -0.383. The number of hydrogen-bond acceptors (Lipinski definition) is 5. The molecule has 1 aromatic carbocycles. The van der Waals surface area contributed by atoms with E-state index in [0.29, 0.717) is 5.16 Å². The first-order chi connectivity index (χ1) is 9.08. The van der Waals surface area contributed by atoms with Gasteiger partial charge < -0.3 is 10.6 Å². The number of aromatic amines is 1. The van der Waals surface area contributed by atoms with E-state index >= 15 is 0 Å². The quantitative estimate of drug-likeness (QED) is 0.823. The molecule has 1 atom stereocenters. The van der Waals surface area contributed by atoms with Gasteiger partial charge >= 0.3 is 0 Å². The smallest absolute Gasteiger partial charge is 0.240 e. The Balaban J connectivity index is 2.27. The zero-order valence-corrected chi connectivity index (χ0v) is 11.5. The van der Waals surface area contributed by atoms with E-state index in [1.807, 2.05) is 30.3 Å². The molecule has 0 saturated heterocycles. The number of rotatable bonds is 4. The van der Waals surface area contributed by atoms with Gasteiger partial charge in [0.15, 0.2) is 0 Å². The van der Waals surface area contributed by atoms with Crippen molar-refractivity contribution < 1.29 is 4.79 Å². The third-order valence-corrected chi connectivity index (χ3v) is 3.58. The van der Waals surface area contributed by atoms with Gasteiger partial charge in [-0.15, -0.1) is 5.10 Å². The highest BCUT2D eigenvalue weighted by Crippen LogP contribution is 2.34. The molecule has 0 aliphatic rings. The largest absolute Gasteiger partial charge is 0.368 e. The van der Waals surface area contributed by atoms with E-state index in [-0.39, 0.29) is 17.1 Å². The molecule has 19 heavy (non-hydrogen) atoms. The maximum atomic E-state index is 12.3. The summed E-state index contributed by atoms with van der Waals surface area (Å²) in [6.07, 6.45) is 0. The first kappa shape index (κ1) is 13.4. The summed E-state index contributed by atoms with van der Waals surface area (Å²) in [5.41, 5.74) is 6.40. The Morgan fingerprint density at radius 1 is 1.37 bits per heavy atom. The molecule has 3 N–H and O–H groups in total. The van der Waals surface area contributed by atoms with Crippen molar-refractivity contribution in [1.82, 2.24) is 20.1 Å². The lowest BCUT2D eigenvalue weighted by atomic mass is 10.1. The Morgan fingerprint density at radius 2 is 2.05 bits per heavy atom. The zero-order chi connectivity index (χ0) is 13.8. The van der Waals surface area contributed by atoms with E-state index in [1.54, 1.807) is 19.0 Å². The number of amides is 1. The number of H-pyrrole nitrogens is 1. The fraction of sp³-hybridized carbons (Fsp3) is 0.250. The average molecular weight is 277 g/mol. The van der Waals surface area contributed by atoms with E-state index < -0.39 is 0 Å². The highest BCUT2D eigenvalue weighted by Gasteiger charge is 2.25. The molecule has 0 radical (unpaired) electrons. The van der Waals surface area contributed by atoms with Crippen LogP contribution in [0.25, 0.3) is 0 Å². The lowest BCUT2D eigenvalue weighted by Crippen LogP contribution is -2.26. The fourth-order valence-electron chi connectivity index (χ4n) is 1.54. The summed E-state index contributed by atoms with van der Waals surface area (Å²) in [7, 11) is 3.45. The van der Waals surface area contributed by atoms with E-state index in [4.69, 9.17) is 5.73 Å². The Bertz CT molecular complexity index is 554. The number of hydrogen-bond donors (Lipinski definition) is 2. The van der Waals surface area contributed by atoms with Crippen LogP contribution in [0.2, 0.25) is 0 Å². The van der Waals surface area contributed by atoms with E-state index in [9.17, 15) is 4.79 Å². The summed E-state index contributed by atoms with van der Waals surface area (Å²) in [5.74, 6) is 0.228. The molecule has 6 nitrogen and oxygen atoms in total. The fourth-order valence-corrected chi connectivity index (χ4v) is 2.60. The van der Waals surface area contributed by atoms with Crippen LogP contribution < -0.4 is 5.73 Å². The third-order valence-electron chi connectivity index (χ3n) is 2.47. The number of nitrogens with zero attached hydrogens (tertiary/aromatic N) is 3. The van der Waals surface area contributed by atoms with Crippen molar-refractivity contribution in [3.63, 3.8) is 0 Å². The molecule has 0 spiro atoms. The Kier molecular flexibility index (Phi) is 4.06. The van der Waals surface area contributed by atoms with Gasteiger partial charge in [-0.2, -0.15) is 4.98 Å². The number of likely N-dealkylation sites (N-methyl/N-ethyl adjacent to an activating group) is 1. The lowest BCUT2D eigenvalue weighted by Gasteiger charge is -2.19. The molecular weight excluding hydrogens is 262 g/mol. The number of aromatic nitrogens is 3. The summed E-state index contributed by atoms with van der Waals surface area (Å²) in [6, 6.07) is 9.54. The molecule has 100 valence electrons. The highest BCUT2D eigenvalue weighted by atomic mass is 32.2. The predicted octanol–water partition coefficient (Wildman–Crippen LogP) is 1.31. The number of carbonyl (C=O) groups is 1. The standard InChI is InChI=1S/C12H15N5OS/c1-17(2)10(18)9(8-6-4-3-5-7-8)19-12-14-11(13)15-16-12/h3-7,9H,1-2H3,(H3,13,14,15,16). The van der Waals surface area contributed by atoms with Gasteiger partial charge in [0, 0.05) is 14.1 Å². The Hall–Kier alpha value is -2.02. The third kappa shape index (κ3) is 3.25. The van der Waals surface area contributed by atoms with Gasteiger partial charge in [-0.1, -0.05) is 42.1 Å². The van der Waals surface area contributed by atoms with Gasteiger partial charge in [-0.05, 0) is 5.56 Å². The van der Waals surface area contributed by atoms with Crippen LogP contribution in [0.3, 0.4) is 0 Å². The van der Waals surface area contributed by atoms with Gasteiger partial charge in [-0.3, -0.25) is 4.79 Å². The highest BCUT2D eigenvalue weighted by molar-refractivity contribution is 8.00. The summed E-state index contributed by atoms with van der Waals surface area (Å²) >= 11 is 1.27. The maximum Gasteiger partial charge on any atom is 0.240 e.